The van der Waals surface area contributed by atoms with Gasteiger partial charge in [0.25, 0.3) is 0 Å². The molecule has 2 aromatic carbocycles. The van der Waals surface area contributed by atoms with Crippen LogP contribution in [0.3, 0.4) is 0 Å². The molecule has 5 rings (SSSR count). The highest BCUT2D eigenvalue weighted by atomic mass is 16.6. The maximum Gasteiger partial charge on any atom is 0.409 e. The first-order valence-corrected chi connectivity index (χ1v) is 15.1. The Hall–Kier alpha value is -3.81. The van der Waals surface area contributed by atoms with Crippen molar-refractivity contribution in [2.24, 2.45) is 5.41 Å². The third-order valence-electron chi connectivity index (χ3n) is 8.56. The Morgan fingerprint density at radius 1 is 0.952 bits per heavy atom. The lowest BCUT2D eigenvalue weighted by molar-refractivity contribution is -0.131. The quantitative estimate of drug-likeness (QED) is 0.491. The van der Waals surface area contributed by atoms with Gasteiger partial charge in [0.1, 0.15) is 0 Å². The Labute approximate surface area is 249 Å². The summed E-state index contributed by atoms with van der Waals surface area (Å²) in [6, 6.07) is 16.1. The van der Waals surface area contributed by atoms with Crippen LogP contribution in [-0.4, -0.2) is 66.9 Å². The fourth-order valence-electron chi connectivity index (χ4n) is 6.34. The van der Waals surface area contributed by atoms with Gasteiger partial charge in [0.15, 0.2) is 5.78 Å². The number of anilines is 2. The van der Waals surface area contributed by atoms with Crippen LogP contribution in [0.25, 0.3) is 0 Å². The van der Waals surface area contributed by atoms with E-state index in [9.17, 15) is 14.4 Å². The van der Waals surface area contributed by atoms with E-state index < -0.39 is 6.04 Å². The second-order valence-corrected chi connectivity index (χ2v) is 13.4. The highest BCUT2D eigenvalue weighted by Crippen LogP contribution is 2.48. The van der Waals surface area contributed by atoms with Gasteiger partial charge in [-0.05, 0) is 47.4 Å². The molecule has 1 fully saturated rings. The second-order valence-electron chi connectivity index (χ2n) is 13.4. The van der Waals surface area contributed by atoms with Crippen molar-refractivity contribution in [3.05, 3.63) is 70.9 Å². The van der Waals surface area contributed by atoms with Crippen LogP contribution in [0.2, 0.25) is 0 Å². The molecular formula is C34H44N4O4. The highest BCUT2D eigenvalue weighted by Gasteiger charge is 2.42. The zero-order valence-corrected chi connectivity index (χ0v) is 25.8. The number of Topliss-reactive ketones (excluding diaryl/α,β-unsaturated/α-hetero) is 1. The van der Waals surface area contributed by atoms with Crippen molar-refractivity contribution in [1.82, 2.24) is 9.80 Å². The van der Waals surface area contributed by atoms with Crippen LogP contribution in [0.15, 0.2) is 59.8 Å². The normalized spacial score (nSPS) is 20.4. The number of ether oxygens (including phenoxy) is 1. The van der Waals surface area contributed by atoms with E-state index in [0.717, 1.165) is 34.6 Å². The number of fused-ring (bicyclic) bond motifs is 1. The minimum atomic E-state index is -0.418. The van der Waals surface area contributed by atoms with E-state index in [2.05, 4.69) is 69.1 Å². The number of para-hydroxylation sites is 2. The van der Waals surface area contributed by atoms with Crippen molar-refractivity contribution in [3.8, 4) is 0 Å². The molecular weight excluding hydrogens is 528 g/mol. The molecule has 0 aromatic heterocycles. The smallest absolute Gasteiger partial charge is 0.409 e. The number of amides is 2. The van der Waals surface area contributed by atoms with Gasteiger partial charge >= 0.3 is 6.09 Å². The fourth-order valence-corrected chi connectivity index (χ4v) is 6.34. The molecule has 0 radical (unpaired) electrons. The molecule has 1 atom stereocenters. The first-order chi connectivity index (χ1) is 19.9. The molecule has 224 valence electrons. The van der Waals surface area contributed by atoms with E-state index in [-0.39, 0.29) is 35.2 Å². The molecule has 0 saturated carbocycles. The third kappa shape index (κ3) is 6.03. The number of hydrogen-bond acceptors (Lipinski definition) is 6. The van der Waals surface area contributed by atoms with E-state index in [1.807, 2.05) is 29.2 Å². The van der Waals surface area contributed by atoms with Gasteiger partial charge in [0.05, 0.1) is 30.6 Å². The molecule has 1 N–H and O–H groups in total. The van der Waals surface area contributed by atoms with Gasteiger partial charge in [-0.25, -0.2) is 4.79 Å². The summed E-state index contributed by atoms with van der Waals surface area (Å²) >= 11 is 0. The molecule has 0 spiro atoms. The summed E-state index contributed by atoms with van der Waals surface area (Å²) < 4.78 is 5.15. The molecule has 8 heteroatoms. The zero-order valence-electron chi connectivity index (χ0n) is 25.8. The Morgan fingerprint density at radius 3 is 2.24 bits per heavy atom. The van der Waals surface area contributed by atoms with Gasteiger partial charge in [-0.3, -0.25) is 9.59 Å². The average molecular weight is 573 g/mol. The number of nitrogens with one attached hydrogen (secondary N) is 1. The number of nitrogens with zero attached hydrogens (tertiary/aromatic N) is 3. The first kappa shape index (κ1) is 29.7. The fraction of sp³-hybridized carbons (Fsp3) is 0.500. The number of ketones is 1. The van der Waals surface area contributed by atoms with E-state index in [0.29, 0.717) is 39.2 Å². The van der Waals surface area contributed by atoms with Crippen LogP contribution in [0, 0.1) is 5.41 Å². The number of carbonyl (C=O) groups is 3. The lowest BCUT2D eigenvalue weighted by atomic mass is 9.73. The van der Waals surface area contributed by atoms with Crippen molar-refractivity contribution in [1.29, 1.82) is 0 Å². The van der Waals surface area contributed by atoms with E-state index >= 15 is 0 Å². The standard InChI is InChI=1S/C34H44N4O4/c1-7-42-32(41)37-18-16-36(17-19-37)29(40)22-38-27-11-9-8-10-25(27)35-26-20-34(5,6)21-28(39)30(26)31(38)23-12-14-24(15-13-23)33(2,3)4/h8-15,31,35H,7,16-22H2,1-6H3. The lowest BCUT2D eigenvalue weighted by Gasteiger charge is -2.39. The van der Waals surface area contributed by atoms with E-state index in [4.69, 9.17) is 4.74 Å². The van der Waals surface area contributed by atoms with Crippen LogP contribution >= 0.6 is 0 Å². The maximum absolute atomic E-state index is 14.0. The molecule has 1 aliphatic carbocycles. The van der Waals surface area contributed by atoms with Gasteiger partial charge < -0.3 is 24.8 Å². The molecule has 1 unspecified atom stereocenters. The molecule has 2 aliphatic heterocycles. The zero-order chi connectivity index (χ0) is 30.2. The monoisotopic (exact) mass is 572 g/mol. The summed E-state index contributed by atoms with van der Waals surface area (Å²) in [7, 11) is 0. The van der Waals surface area contributed by atoms with Crippen molar-refractivity contribution >= 4 is 29.2 Å². The van der Waals surface area contributed by atoms with Gasteiger partial charge in [-0.2, -0.15) is 0 Å². The Kier molecular flexibility index (Phi) is 8.10. The summed E-state index contributed by atoms with van der Waals surface area (Å²) in [5.74, 6) is 0.0872. The summed E-state index contributed by atoms with van der Waals surface area (Å²) in [5.41, 5.74) is 5.49. The molecule has 1 saturated heterocycles. The van der Waals surface area contributed by atoms with Crippen LogP contribution in [0.1, 0.15) is 71.6 Å². The van der Waals surface area contributed by atoms with Crippen LogP contribution in [-0.2, 0) is 19.7 Å². The maximum atomic E-state index is 14.0. The van der Waals surface area contributed by atoms with Crippen molar-refractivity contribution < 1.29 is 19.1 Å². The molecule has 8 nitrogen and oxygen atoms in total. The van der Waals surface area contributed by atoms with E-state index in [1.165, 1.54) is 5.56 Å². The number of rotatable bonds is 4. The molecule has 42 heavy (non-hydrogen) atoms. The average Bonchev–Trinajstić information content (AvgIpc) is 3.06. The second kappa shape index (κ2) is 11.5. The van der Waals surface area contributed by atoms with Gasteiger partial charge in [-0.1, -0.05) is 71.0 Å². The third-order valence-corrected chi connectivity index (χ3v) is 8.56. The summed E-state index contributed by atoms with van der Waals surface area (Å²) in [5, 5.41) is 3.63. The number of hydrogen-bond donors (Lipinski definition) is 1. The van der Waals surface area contributed by atoms with Crippen LogP contribution in [0.4, 0.5) is 16.2 Å². The molecule has 0 bridgehead atoms. The van der Waals surface area contributed by atoms with Crippen molar-refractivity contribution in [2.75, 3.05) is 49.5 Å². The van der Waals surface area contributed by atoms with Crippen molar-refractivity contribution in [3.63, 3.8) is 0 Å². The molecule has 2 heterocycles. The SMILES string of the molecule is CCOC(=O)N1CCN(C(=O)CN2c3ccccc3NC3=C(C(=O)CC(C)(C)C3)C2c2ccc(C(C)(C)C)cc2)CC1. The summed E-state index contributed by atoms with van der Waals surface area (Å²) in [6.07, 6.45) is 0.864. The number of piperazine rings is 1. The Balaban J connectivity index is 1.54. The molecule has 2 aromatic rings. The highest BCUT2D eigenvalue weighted by molar-refractivity contribution is 6.02. The van der Waals surface area contributed by atoms with Crippen LogP contribution in [0.5, 0.6) is 0 Å². The lowest BCUT2D eigenvalue weighted by Crippen LogP contribution is -2.53. The molecule has 2 amide bonds. The summed E-state index contributed by atoms with van der Waals surface area (Å²) in [6.45, 7) is 14.8. The minimum Gasteiger partial charge on any atom is -0.450 e. The van der Waals surface area contributed by atoms with E-state index in [1.54, 1.807) is 11.8 Å². The van der Waals surface area contributed by atoms with Crippen LogP contribution < -0.4 is 10.2 Å². The number of allylic oxidation sites excluding steroid dienone is 1. The first-order valence-electron chi connectivity index (χ1n) is 15.1. The Bertz CT molecular complexity index is 1380. The van der Waals surface area contributed by atoms with Gasteiger partial charge in [-0.15, -0.1) is 0 Å². The van der Waals surface area contributed by atoms with Gasteiger partial charge in [0.2, 0.25) is 5.91 Å². The Morgan fingerprint density at radius 2 is 1.60 bits per heavy atom. The largest absolute Gasteiger partial charge is 0.450 e. The van der Waals surface area contributed by atoms with Gasteiger partial charge in [0, 0.05) is 43.9 Å². The topological polar surface area (TPSA) is 82.2 Å². The minimum absolute atomic E-state index is 0.00734. The number of benzene rings is 2. The van der Waals surface area contributed by atoms with Crippen molar-refractivity contribution in [2.45, 2.75) is 65.8 Å². The predicted octanol–water partition coefficient (Wildman–Crippen LogP) is 5.90. The number of carbonyl (C=O) groups excluding carboxylic acids is 3. The predicted molar refractivity (Wildman–Crippen MR) is 166 cm³/mol. The molecule has 3 aliphatic rings. The summed E-state index contributed by atoms with van der Waals surface area (Å²) in [4.78, 5) is 45.7.